The van der Waals surface area contributed by atoms with Crippen LogP contribution in [0.5, 0.6) is 0 Å². The molecule has 2 rings (SSSR count). The highest BCUT2D eigenvalue weighted by atomic mass is 79.9. The Morgan fingerprint density at radius 3 is 2.35 bits per heavy atom. The molecule has 2 aromatic carbocycles. The number of carbonyl (C=O) groups is 1. The zero-order valence-electron chi connectivity index (χ0n) is 11.3. The lowest BCUT2D eigenvalue weighted by atomic mass is 10.2. The summed E-state index contributed by atoms with van der Waals surface area (Å²) in [5.74, 6) is 0. The third-order valence-electron chi connectivity index (χ3n) is 2.85. The molecule has 0 saturated heterocycles. The Kier molecular flexibility index (Phi) is 5.18. The average Bonchev–Trinajstić information content (AvgIpc) is 2.48. The molecule has 0 radical (unpaired) electrons. The van der Waals surface area contributed by atoms with Gasteiger partial charge in [-0.2, -0.15) is 0 Å². The fourth-order valence-corrected chi connectivity index (χ4v) is 2.02. The van der Waals surface area contributed by atoms with Crippen LogP contribution in [0.2, 0.25) is 0 Å². The van der Waals surface area contributed by atoms with Gasteiger partial charge in [0, 0.05) is 18.1 Å². The van der Waals surface area contributed by atoms with Gasteiger partial charge in [0.15, 0.2) is 0 Å². The molecule has 0 bridgehead atoms. The molecule has 2 aromatic rings. The van der Waals surface area contributed by atoms with Crippen LogP contribution < -0.4 is 0 Å². The van der Waals surface area contributed by atoms with Gasteiger partial charge in [-0.25, -0.2) is 4.79 Å². The molecule has 1 amide bonds. The quantitative estimate of drug-likeness (QED) is 0.838. The van der Waals surface area contributed by atoms with Crippen LogP contribution in [-0.2, 0) is 17.9 Å². The van der Waals surface area contributed by atoms with E-state index in [9.17, 15) is 4.79 Å². The van der Waals surface area contributed by atoms with Crippen molar-refractivity contribution in [1.29, 1.82) is 0 Å². The molecular weight excluding hydrogens is 318 g/mol. The van der Waals surface area contributed by atoms with E-state index in [0.29, 0.717) is 13.2 Å². The van der Waals surface area contributed by atoms with Crippen LogP contribution in [0.3, 0.4) is 0 Å². The van der Waals surface area contributed by atoms with Crippen molar-refractivity contribution in [3.8, 4) is 0 Å². The van der Waals surface area contributed by atoms with Crippen molar-refractivity contribution < 1.29 is 9.53 Å². The van der Waals surface area contributed by atoms with Gasteiger partial charge in [-0.05, 0) is 23.3 Å². The Balaban J connectivity index is 1.84. The van der Waals surface area contributed by atoms with E-state index >= 15 is 0 Å². The molecule has 0 atom stereocenters. The molecular formula is C16H16BrNO2. The summed E-state index contributed by atoms with van der Waals surface area (Å²) in [5, 5.41) is 0. The highest BCUT2D eigenvalue weighted by molar-refractivity contribution is 9.10. The lowest BCUT2D eigenvalue weighted by Crippen LogP contribution is -2.26. The highest BCUT2D eigenvalue weighted by Crippen LogP contribution is 2.12. The van der Waals surface area contributed by atoms with Gasteiger partial charge in [0.2, 0.25) is 0 Å². The fourth-order valence-electron chi connectivity index (χ4n) is 1.76. The number of amides is 1. The summed E-state index contributed by atoms with van der Waals surface area (Å²) in [6, 6.07) is 17.5. The number of benzene rings is 2. The van der Waals surface area contributed by atoms with Crippen LogP contribution in [0.15, 0.2) is 59.1 Å². The van der Waals surface area contributed by atoms with Gasteiger partial charge in [0.25, 0.3) is 0 Å². The minimum atomic E-state index is -0.322. The molecule has 104 valence electrons. The molecule has 0 unspecified atom stereocenters. The van der Waals surface area contributed by atoms with E-state index in [-0.39, 0.29) is 6.09 Å². The van der Waals surface area contributed by atoms with Crippen LogP contribution in [0, 0.1) is 0 Å². The summed E-state index contributed by atoms with van der Waals surface area (Å²) < 4.78 is 6.29. The lowest BCUT2D eigenvalue weighted by Gasteiger charge is -2.17. The second kappa shape index (κ2) is 7.10. The number of hydrogen-bond acceptors (Lipinski definition) is 2. The van der Waals surface area contributed by atoms with Gasteiger partial charge in [0.05, 0.1) is 0 Å². The van der Waals surface area contributed by atoms with Gasteiger partial charge in [-0.15, -0.1) is 0 Å². The third kappa shape index (κ3) is 4.38. The van der Waals surface area contributed by atoms with E-state index < -0.39 is 0 Å². The summed E-state index contributed by atoms with van der Waals surface area (Å²) >= 11 is 3.39. The summed E-state index contributed by atoms with van der Waals surface area (Å²) in [5.41, 5.74) is 2.05. The number of ether oxygens (including phenoxy) is 1. The average molecular weight is 334 g/mol. The first-order valence-electron chi connectivity index (χ1n) is 6.31. The van der Waals surface area contributed by atoms with Crippen molar-refractivity contribution in [2.45, 2.75) is 13.2 Å². The van der Waals surface area contributed by atoms with Crippen LogP contribution in [-0.4, -0.2) is 18.0 Å². The molecule has 0 spiro atoms. The highest BCUT2D eigenvalue weighted by Gasteiger charge is 2.10. The normalized spacial score (nSPS) is 10.1. The standard InChI is InChI=1S/C16H16BrNO2/c1-18(11-13-7-9-15(17)10-8-13)16(19)20-12-14-5-3-2-4-6-14/h2-10H,11-12H2,1H3. The van der Waals surface area contributed by atoms with E-state index in [2.05, 4.69) is 15.9 Å². The molecule has 0 saturated carbocycles. The molecule has 0 aliphatic carbocycles. The van der Waals surface area contributed by atoms with Gasteiger partial charge in [-0.1, -0.05) is 58.4 Å². The molecule has 0 fully saturated rings. The number of rotatable bonds is 4. The molecule has 0 aliphatic rings. The van der Waals surface area contributed by atoms with Crippen molar-refractivity contribution in [2.24, 2.45) is 0 Å². The SMILES string of the molecule is CN(Cc1ccc(Br)cc1)C(=O)OCc1ccccc1. The van der Waals surface area contributed by atoms with Gasteiger partial charge >= 0.3 is 6.09 Å². The zero-order valence-corrected chi connectivity index (χ0v) is 12.8. The zero-order chi connectivity index (χ0) is 14.4. The Labute approximate surface area is 127 Å². The Morgan fingerprint density at radius 2 is 1.70 bits per heavy atom. The number of hydrogen-bond donors (Lipinski definition) is 0. The van der Waals surface area contributed by atoms with Crippen molar-refractivity contribution in [1.82, 2.24) is 4.90 Å². The predicted octanol–water partition coefficient (Wildman–Crippen LogP) is 4.22. The maximum atomic E-state index is 11.9. The molecule has 20 heavy (non-hydrogen) atoms. The largest absolute Gasteiger partial charge is 0.445 e. The molecule has 0 aliphatic heterocycles. The summed E-state index contributed by atoms with van der Waals surface area (Å²) in [6.45, 7) is 0.825. The molecule has 0 N–H and O–H groups in total. The molecule has 4 heteroatoms. The minimum Gasteiger partial charge on any atom is -0.445 e. The second-order valence-electron chi connectivity index (χ2n) is 4.52. The smallest absolute Gasteiger partial charge is 0.410 e. The van der Waals surface area contributed by atoms with E-state index in [1.165, 1.54) is 0 Å². The molecule has 3 nitrogen and oxygen atoms in total. The maximum absolute atomic E-state index is 11.9. The summed E-state index contributed by atoms with van der Waals surface area (Å²) in [4.78, 5) is 13.4. The summed E-state index contributed by atoms with van der Waals surface area (Å²) in [7, 11) is 1.73. The monoisotopic (exact) mass is 333 g/mol. The van der Waals surface area contributed by atoms with Crippen molar-refractivity contribution >= 4 is 22.0 Å². The lowest BCUT2D eigenvalue weighted by molar-refractivity contribution is 0.103. The van der Waals surface area contributed by atoms with Crippen LogP contribution in [0.25, 0.3) is 0 Å². The van der Waals surface area contributed by atoms with E-state index in [1.807, 2.05) is 54.6 Å². The third-order valence-corrected chi connectivity index (χ3v) is 3.38. The van der Waals surface area contributed by atoms with Gasteiger partial charge in [0.1, 0.15) is 6.61 Å². The van der Waals surface area contributed by atoms with Crippen LogP contribution in [0.1, 0.15) is 11.1 Å². The predicted molar refractivity (Wildman–Crippen MR) is 82.2 cm³/mol. The van der Waals surface area contributed by atoms with Crippen molar-refractivity contribution in [2.75, 3.05) is 7.05 Å². The first-order chi connectivity index (χ1) is 9.65. The van der Waals surface area contributed by atoms with E-state index in [1.54, 1.807) is 11.9 Å². The van der Waals surface area contributed by atoms with Gasteiger partial charge in [-0.3, -0.25) is 0 Å². The molecule has 0 aromatic heterocycles. The van der Waals surface area contributed by atoms with Crippen molar-refractivity contribution in [3.63, 3.8) is 0 Å². The van der Waals surface area contributed by atoms with E-state index in [0.717, 1.165) is 15.6 Å². The Morgan fingerprint density at radius 1 is 1.05 bits per heavy atom. The van der Waals surface area contributed by atoms with E-state index in [4.69, 9.17) is 4.74 Å². The first-order valence-corrected chi connectivity index (χ1v) is 7.11. The number of halogens is 1. The topological polar surface area (TPSA) is 29.5 Å². The van der Waals surface area contributed by atoms with Crippen LogP contribution in [0.4, 0.5) is 4.79 Å². The Bertz CT molecular complexity index is 554. The number of carbonyl (C=O) groups excluding carboxylic acids is 1. The minimum absolute atomic E-state index is 0.296. The maximum Gasteiger partial charge on any atom is 0.410 e. The number of nitrogens with zero attached hydrogens (tertiary/aromatic N) is 1. The first kappa shape index (κ1) is 14.6. The molecule has 0 heterocycles. The van der Waals surface area contributed by atoms with Gasteiger partial charge < -0.3 is 9.64 Å². The Hall–Kier alpha value is -1.81. The van der Waals surface area contributed by atoms with Crippen LogP contribution >= 0.6 is 15.9 Å². The second-order valence-corrected chi connectivity index (χ2v) is 5.44. The summed E-state index contributed by atoms with van der Waals surface area (Å²) in [6.07, 6.45) is -0.322. The fraction of sp³-hybridized carbons (Fsp3) is 0.188. The van der Waals surface area contributed by atoms with Crippen molar-refractivity contribution in [3.05, 3.63) is 70.2 Å².